The van der Waals surface area contributed by atoms with Gasteiger partial charge in [-0.3, -0.25) is 4.79 Å². The third-order valence-corrected chi connectivity index (χ3v) is 3.80. The van der Waals surface area contributed by atoms with Gasteiger partial charge in [0.15, 0.2) is 0 Å². The van der Waals surface area contributed by atoms with Gasteiger partial charge in [-0.2, -0.15) is 0 Å². The minimum Gasteiger partial charge on any atom is -0.481 e. The molecular formula is C9H17N3O5S. The Bertz CT molecular complexity index is 429. The first-order valence-electron chi connectivity index (χ1n) is 5.51. The van der Waals surface area contributed by atoms with Crippen molar-refractivity contribution in [3.8, 4) is 0 Å². The summed E-state index contributed by atoms with van der Waals surface area (Å²) in [4.78, 5) is 22.3. The number of carboxylic acid groups (broad SMARTS) is 1. The van der Waals surface area contributed by atoms with Crippen molar-refractivity contribution in [2.45, 2.75) is 19.3 Å². The van der Waals surface area contributed by atoms with Crippen LogP contribution in [-0.2, 0) is 14.8 Å². The molecule has 0 heterocycles. The van der Waals surface area contributed by atoms with E-state index in [1.165, 1.54) is 0 Å². The van der Waals surface area contributed by atoms with Crippen LogP contribution in [0.4, 0.5) is 4.79 Å². The maximum Gasteiger partial charge on any atom is 0.314 e. The fourth-order valence-corrected chi connectivity index (χ4v) is 2.08. The average Bonchev–Trinajstić information content (AvgIpc) is 2.13. The number of carbonyl (C=O) groups excluding carboxylic acids is 1. The molecule has 0 spiro atoms. The Balaban J connectivity index is 2.27. The van der Waals surface area contributed by atoms with Gasteiger partial charge in [-0.15, -0.1) is 0 Å². The Morgan fingerprint density at radius 3 is 2.28 bits per heavy atom. The second kappa shape index (κ2) is 5.53. The molecule has 0 unspecified atom stereocenters. The minimum absolute atomic E-state index is 0.0452. The number of primary sulfonamides is 1. The lowest BCUT2D eigenvalue weighted by Crippen LogP contribution is -2.50. The monoisotopic (exact) mass is 279 g/mol. The van der Waals surface area contributed by atoms with E-state index < -0.39 is 27.4 Å². The number of amides is 2. The number of sulfonamides is 1. The van der Waals surface area contributed by atoms with Gasteiger partial charge >= 0.3 is 12.0 Å². The number of nitrogens with two attached hydrogens (primary N) is 1. The standard InChI is InChI=1S/C9H17N3O5S/c10-18(16,17)5-4-11-8(15)12-6-9(7(13)14)2-1-3-9/h1-6H2,(H,13,14)(H2,10,16,17)(H2,11,12,15). The van der Waals surface area contributed by atoms with E-state index in [-0.39, 0.29) is 18.8 Å². The van der Waals surface area contributed by atoms with Crippen molar-refractivity contribution in [1.82, 2.24) is 10.6 Å². The van der Waals surface area contributed by atoms with E-state index in [1.54, 1.807) is 0 Å². The molecule has 5 N–H and O–H groups in total. The summed E-state index contributed by atoms with van der Waals surface area (Å²) in [6.07, 6.45) is 1.92. The predicted molar refractivity (Wildman–Crippen MR) is 63.3 cm³/mol. The fraction of sp³-hybridized carbons (Fsp3) is 0.778. The van der Waals surface area contributed by atoms with Crippen molar-refractivity contribution in [3.05, 3.63) is 0 Å². The first kappa shape index (κ1) is 14.7. The van der Waals surface area contributed by atoms with Crippen molar-refractivity contribution in [2.75, 3.05) is 18.8 Å². The summed E-state index contributed by atoms with van der Waals surface area (Å²) < 4.78 is 21.2. The maximum atomic E-state index is 11.3. The first-order chi connectivity index (χ1) is 8.25. The van der Waals surface area contributed by atoms with Gasteiger partial charge in [-0.05, 0) is 12.8 Å². The van der Waals surface area contributed by atoms with Crippen LogP contribution in [-0.4, -0.2) is 44.4 Å². The Kier molecular flexibility index (Phi) is 4.52. The van der Waals surface area contributed by atoms with E-state index in [1.807, 2.05) is 0 Å². The van der Waals surface area contributed by atoms with Crippen molar-refractivity contribution < 1.29 is 23.1 Å². The molecule has 0 aliphatic heterocycles. The van der Waals surface area contributed by atoms with Crippen LogP contribution < -0.4 is 15.8 Å². The number of hydrogen-bond donors (Lipinski definition) is 4. The smallest absolute Gasteiger partial charge is 0.314 e. The summed E-state index contributed by atoms with van der Waals surface area (Å²) in [6.45, 7) is -0.0612. The Morgan fingerprint density at radius 1 is 1.28 bits per heavy atom. The number of carbonyl (C=O) groups is 2. The van der Waals surface area contributed by atoms with E-state index >= 15 is 0 Å². The third-order valence-electron chi connectivity index (χ3n) is 3.02. The molecule has 0 aromatic carbocycles. The average molecular weight is 279 g/mol. The first-order valence-corrected chi connectivity index (χ1v) is 7.22. The van der Waals surface area contributed by atoms with E-state index in [0.717, 1.165) is 6.42 Å². The molecule has 2 amide bonds. The van der Waals surface area contributed by atoms with Crippen LogP contribution in [0.15, 0.2) is 0 Å². The van der Waals surface area contributed by atoms with Crippen LogP contribution >= 0.6 is 0 Å². The second-order valence-corrected chi connectivity index (χ2v) is 6.15. The van der Waals surface area contributed by atoms with Crippen molar-refractivity contribution in [1.29, 1.82) is 0 Å². The largest absolute Gasteiger partial charge is 0.481 e. The van der Waals surface area contributed by atoms with Gasteiger partial charge in [0.2, 0.25) is 10.0 Å². The number of urea groups is 1. The van der Waals surface area contributed by atoms with Crippen molar-refractivity contribution in [2.24, 2.45) is 10.6 Å². The van der Waals surface area contributed by atoms with Gasteiger partial charge < -0.3 is 15.7 Å². The molecule has 0 bridgehead atoms. The Morgan fingerprint density at radius 2 is 1.89 bits per heavy atom. The van der Waals surface area contributed by atoms with Gasteiger partial charge in [0, 0.05) is 13.1 Å². The molecule has 1 aliphatic rings. The molecule has 0 saturated heterocycles. The minimum atomic E-state index is -3.61. The van der Waals surface area contributed by atoms with E-state index in [9.17, 15) is 18.0 Å². The zero-order chi connectivity index (χ0) is 13.8. The SMILES string of the molecule is NS(=O)(=O)CCNC(=O)NCC1(C(=O)O)CCC1. The molecular weight excluding hydrogens is 262 g/mol. The predicted octanol–water partition coefficient (Wildman–Crippen LogP) is -1.17. The summed E-state index contributed by atoms with van der Waals surface area (Å²) in [6, 6.07) is -0.592. The van der Waals surface area contributed by atoms with Gasteiger partial charge in [0.05, 0.1) is 11.2 Å². The van der Waals surface area contributed by atoms with Gasteiger partial charge in [-0.1, -0.05) is 6.42 Å². The molecule has 0 atom stereocenters. The number of nitrogens with one attached hydrogen (secondary N) is 2. The Hall–Kier alpha value is -1.35. The van der Waals surface area contributed by atoms with Crippen LogP contribution in [0.3, 0.4) is 0 Å². The van der Waals surface area contributed by atoms with Crippen molar-refractivity contribution in [3.63, 3.8) is 0 Å². The summed E-state index contributed by atoms with van der Waals surface area (Å²) in [5, 5.41) is 18.5. The van der Waals surface area contributed by atoms with Crippen LogP contribution in [0.2, 0.25) is 0 Å². The number of carboxylic acids is 1. The second-order valence-electron chi connectivity index (χ2n) is 4.42. The maximum absolute atomic E-state index is 11.3. The summed E-state index contributed by atoms with van der Waals surface area (Å²) in [5.41, 5.74) is -0.864. The van der Waals surface area contributed by atoms with Gasteiger partial charge in [0.25, 0.3) is 0 Å². The molecule has 9 heteroatoms. The highest BCUT2D eigenvalue weighted by molar-refractivity contribution is 7.89. The van der Waals surface area contributed by atoms with Crippen LogP contribution in [0.5, 0.6) is 0 Å². The number of hydrogen-bond acceptors (Lipinski definition) is 4. The van der Waals surface area contributed by atoms with E-state index in [0.29, 0.717) is 12.8 Å². The zero-order valence-corrected chi connectivity index (χ0v) is 10.6. The highest BCUT2D eigenvalue weighted by atomic mass is 32.2. The molecule has 0 aromatic rings. The molecule has 18 heavy (non-hydrogen) atoms. The lowest BCUT2D eigenvalue weighted by Gasteiger charge is -2.37. The van der Waals surface area contributed by atoms with Crippen LogP contribution in [0.25, 0.3) is 0 Å². The molecule has 0 aromatic heterocycles. The third kappa shape index (κ3) is 4.15. The summed E-state index contributed by atoms with van der Waals surface area (Å²) >= 11 is 0. The van der Waals surface area contributed by atoms with E-state index in [4.69, 9.17) is 10.2 Å². The van der Waals surface area contributed by atoms with Gasteiger partial charge in [0.1, 0.15) is 0 Å². The Labute approximate surface area is 105 Å². The molecule has 1 fully saturated rings. The topological polar surface area (TPSA) is 139 Å². The van der Waals surface area contributed by atoms with Crippen molar-refractivity contribution >= 4 is 22.0 Å². The van der Waals surface area contributed by atoms with E-state index in [2.05, 4.69) is 10.6 Å². The highest BCUT2D eigenvalue weighted by Crippen LogP contribution is 2.40. The number of aliphatic carboxylic acids is 1. The zero-order valence-electron chi connectivity index (χ0n) is 9.81. The number of rotatable bonds is 6. The lowest BCUT2D eigenvalue weighted by molar-refractivity contribution is -0.153. The molecule has 1 rings (SSSR count). The molecule has 1 saturated carbocycles. The normalized spacial score (nSPS) is 17.6. The van der Waals surface area contributed by atoms with Gasteiger partial charge in [-0.25, -0.2) is 18.4 Å². The molecule has 8 nitrogen and oxygen atoms in total. The highest BCUT2D eigenvalue weighted by Gasteiger charge is 2.44. The summed E-state index contributed by atoms with van der Waals surface area (Å²) in [7, 11) is -3.61. The quantitative estimate of drug-likeness (QED) is 0.485. The van der Waals surface area contributed by atoms with Crippen LogP contribution in [0, 0.1) is 5.41 Å². The molecule has 0 radical (unpaired) electrons. The fourth-order valence-electron chi connectivity index (χ4n) is 1.69. The molecule has 104 valence electrons. The lowest BCUT2D eigenvalue weighted by atomic mass is 9.69. The summed E-state index contributed by atoms with van der Waals surface area (Å²) in [5.74, 6) is -1.27. The van der Waals surface area contributed by atoms with Crippen LogP contribution in [0.1, 0.15) is 19.3 Å². The molecule has 1 aliphatic carbocycles.